The maximum Gasteiger partial charge on any atom is 0.201 e. The topological polar surface area (TPSA) is 46.7 Å². The third-order valence-electron chi connectivity index (χ3n) is 3.22. The second-order valence-corrected chi connectivity index (χ2v) is 7.13. The summed E-state index contributed by atoms with van der Waals surface area (Å²) in [6.07, 6.45) is 1.17. The van der Waals surface area contributed by atoms with E-state index in [4.69, 9.17) is 16.3 Å². The summed E-state index contributed by atoms with van der Waals surface area (Å²) in [5.74, 6) is 0. The van der Waals surface area contributed by atoms with Gasteiger partial charge in [0.15, 0.2) is 5.44 Å². The van der Waals surface area contributed by atoms with Gasteiger partial charge in [-0.15, -0.1) is 0 Å². The van der Waals surface area contributed by atoms with Crippen molar-refractivity contribution in [1.29, 1.82) is 0 Å². The van der Waals surface area contributed by atoms with Crippen LogP contribution in [0.3, 0.4) is 0 Å². The Bertz CT molecular complexity index is 752. The summed E-state index contributed by atoms with van der Waals surface area (Å²) in [5.41, 5.74) is 0.851. The molecule has 0 bridgehead atoms. The fourth-order valence-corrected chi connectivity index (χ4v) is 3.46. The first kappa shape index (κ1) is 14.3. The minimum Gasteiger partial charge on any atom is -0.347 e. The lowest BCUT2D eigenvalue weighted by atomic mass is 10.2. The van der Waals surface area contributed by atoms with E-state index >= 15 is 0 Å². The molecule has 0 N–H and O–H groups in total. The molecule has 0 saturated carbocycles. The second-order valence-electron chi connectivity index (χ2n) is 4.78. The lowest BCUT2D eigenvalue weighted by Crippen LogP contribution is -2.04. The van der Waals surface area contributed by atoms with E-state index in [0.29, 0.717) is 5.02 Å². The van der Waals surface area contributed by atoms with Crippen molar-refractivity contribution in [3.63, 3.8) is 0 Å². The van der Waals surface area contributed by atoms with Gasteiger partial charge < -0.3 is 4.74 Å². The van der Waals surface area contributed by atoms with Gasteiger partial charge in [-0.05, 0) is 29.3 Å². The molecule has 2 unspecified atom stereocenters. The Morgan fingerprint density at radius 2 is 1.67 bits per heavy atom. The third kappa shape index (κ3) is 3.35. The van der Waals surface area contributed by atoms with Crippen LogP contribution in [0.1, 0.15) is 17.2 Å². The summed E-state index contributed by atoms with van der Waals surface area (Å²) in [6.45, 7) is 0. The standard InChI is InChI=1S/C16H13ClO3S/c17-14-8-6-13(7-9-14)15-16(20-15)21(18,19)11-10-12-4-2-1-3-5-12/h1-11,15-16H/b11-10+. The third-order valence-corrected chi connectivity index (χ3v) is 5.00. The summed E-state index contributed by atoms with van der Waals surface area (Å²) >= 11 is 5.81. The first-order chi connectivity index (χ1) is 10.1. The van der Waals surface area contributed by atoms with E-state index in [1.54, 1.807) is 30.3 Å². The van der Waals surface area contributed by atoms with Gasteiger partial charge in [0, 0.05) is 10.4 Å². The van der Waals surface area contributed by atoms with Crippen LogP contribution in [0.2, 0.25) is 5.02 Å². The van der Waals surface area contributed by atoms with Crippen molar-refractivity contribution in [1.82, 2.24) is 0 Å². The zero-order valence-corrected chi connectivity index (χ0v) is 12.6. The van der Waals surface area contributed by atoms with Crippen LogP contribution in [-0.2, 0) is 14.6 Å². The molecule has 5 heteroatoms. The zero-order chi connectivity index (χ0) is 14.9. The number of halogens is 1. The van der Waals surface area contributed by atoms with Crippen LogP contribution in [-0.4, -0.2) is 13.9 Å². The first-order valence-corrected chi connectivity index (χ1v) is 8.43. The Kier molecular flexibility index (Phi) is 3.85. The van der Waals surface area contributed by atoms with Gasteiger partial charge >= 0.3 is 0 Å². The van der Waals surface area contributed by atoms with E-state index in [-0.39, 0.29) is 0 Å². The van der Waals surface area contributed by atoms with Crippen molar-refractivity contribution >= 4 is 27.5 Å². The van der Waals surface area contributed by atoms with Gasteiger partial charge in [0.25, 0.3) is 0 Å². The fourth-order valence-electron chi connectivity index (χ4n) is 2.05. The first-order valence-electron chi connectivity index (χ1n) is 6.44. The largest absolute Gasteiger partial charge is 0.347 e. The number of hydrogen-bond acceptors (Lipinski definition) is 3. The van der Waals surface area contributed by atoms with Crippen molar-refractivity contribution in [2.24, 2.45) is 0 Å². The number of rotatable bonds is 4. The molecule has 0 aromatic heterocycles. The van der Waals surface area contributed by atoms with Gasteiger partial charge in [0.2, 0.25) is 9.84 Å². The molecule has 2 aromatic carbocycles. The van der Waals surface area contributed by atoms with Crippen LogP contribution in [0.25, 0.3) is 6.08 Å². The van der Waals surface area contributed by atoms with Crippen molar-refractivity contribution in [3.8, 4) is 0 Å². The summed E-state index contributed by atoms with van der Waals surface area (Å²) in [7, 11) is -3.43. The molecule has 21 heavy (non-hydrogen) atoms. The number of sulfone groups is 1. The number of epoxide rings is 1. The lowest BCUT2D eigenvalue weighted by Gasteiger charge is -1.96. The fraction of sp³-hybridized carbons (Fsp3) is 0.125. The van der Waals surface area contributed by atoms with E-state index in [9.17, 15) is 8.42 Å². The van der Waals surface area contributed by atoms with Crippen molar-refractivity contribution < 1.29 is 13.2 Å². The number of benzene rings is 2. The Balaban J connectivity index is 1.73. The molecule has 1 saturated heterocycles. The number of ether oxygens (including phenoxy) is 1. The molecule has 0 spiro atoms. The summed E-state index contributed by atoms with van der Waals surface area (Å²) in [5, 5.41) is 1.82. The Morgan fingerprint density at radius 3 is 2.33 bits per heavy atom. The van der Waals surface area contributed by atoms with E-state index < -0.39 is 21.4 Å². The normalized spacial score (nSPS) is 21.6. The van der Waals surface area contributed by atoms with Gasteiger partial charge in [-0.3, -0.25) is 0 Å². The molecular weight excluding hydrogens is 308 g/mol. The van der Waals surface area contributed by atoms with Crippen LogP contribution >= 0.6 is 11.6 Å². The monoisotopic (exact) mass is 320 g/mol. The maximum atomic E-state index is 12.2. The molecule has 0 aliphatic carbocycles. The molecule has 3 rings (SSSR count). The van der Waals surface area contributed by atoms with E-state index in [2.05, 4.69) is 0 Å². The van der Waals surface area contributed by atoms with Crippen LogP contribution in [0, 0.1) is 0 Å². The molecule has 1 aliphatic heterocycles. The molecule has 0 amide bonds. The summed E-state index contributed by atoms with van der Waals surface area (Å²) in [4.78, 5) is 0. The maximum absolute atomic E-state index is 12.2. The SMILES string of the molecule is O=S(=O)(/C=C/c1ccccc1)C1OC1c1ccc(Cl)cc1. The van der Waals surface area contributed by atoms with Crippen LogP contribution in [0.5, 0.6) is 0 Å². The van der Waals surface area contributed by atoms with E-state index in [1.807, 2.05) is 30.3 Å². The van der Waals surface area contributed by atoms with Gasteiger partial charge in [0.05, 0.1) is 0 Å². The highest BCUT2D eigenvalue weighted by atomic mass is 35.5. The van der Waals surface area contributed by atoms with Gasteiger partial charge in [0.1, 0.15) is 6.10 Å². The lowest BCUT2D eigenvalue weighted by molar-refractivity contribution is 0.400. The Labute approximate surface area is 128 Å². The molecule has 2 aromatic rings. The predicted molar refractivity (Wildman–Crippen MR) is 83.5 cm³/mol. The highest BCUT2D eigenvalue weighted by Crippen LogP contribution is 2.43. The highest BCUT2D eigenvalue weighted by Gasteiger charge is 2.49. The van der Waals surface area contributed by atoms with Crippen molar-refractivity contribution in [2.75, 3.05) is 0 Å². The predicted octanol–water partition coefficient (Wildman–Crippen LogP) is 3.82. The average molecular weight is 321 g/mol. The quantitative estimate of drug-likeness (QED) is 0.804. The molecule has 1 aliphatic rings. The summed E-state index contributed by atoms with van der Waals surface area (Å²) in [6, 6.07) is 16.3. The summed E-state index contributed by atoms with van der Waals surface area (Å²) < 4.78 is 29.7. The minimum atomic E-state index is -3.43. The molecule has 1 fully saturated rings. The van der Waals surface area contributed by atoms with Crippen molar-refractivity contribution in [2.45, 2.75) is 11.5 Å². The molecule has 2 atom stereocenters. The molecule has 3 nitrogen and oxygen atoms in total. The van der Waals surface area contributed by atoms with Crippen LogP contribution in [0.15, 0.2) is 60.0 Å². The average Bonchev–Trinajstić information content (AvgIpc) is 3.28. The minimum absolute atomic E-state index is 0.410. The zero-order valence-electron chi connectivity index (χ0n) is 11.0. The van der Waals surface area contributed by atoms with Crippen LogP contribution < -0.4 is 0 Å². The molecule has 108 valence electrons. The van der Waals surface area contributed by atoms with Gasteiger partial charge in [-0.25, -0.2) is 8.42 Å². The Morgan fingerprint density at radius 1 is 1.00 bits per heavy atom. The van der Waals surface area contributed by atoms with Crippen molar-refractivity contribution in [3.05, 3.63) is 76.2 Å². The number of hydrogen-bond donors (Lipinski definition) is 0. The Hall–Kier alpha value is -1.62. The van der Waals surface area contributed by atoms with E-state index in [0.717, 1.165) is 11.1 Å². The van der Waals surface area contributed by atoms with E-state index in [1.165, 1.54) is 5.41 Å². The highest BCUT2D eigenvalue weighted by molar-refractivity contribution is 7.95. The van der Waals surface area contributed by atoms with Crippen LogP contribution in [0.4, 0.5) is 0 Å². The smallest absolute Gasteiger partial charge is 0.201 e. The molecule has 1 heterocycles. The second kappa shape index (κ2) is 5.64. The molecule has 0 radical (unpaired) electrons. The van der Waals surface area contributed by atoms with Gasteiger partial charge in [-0.1, -0.05) is 54.1 Å². The van der Waals surface area contributed by atoms with Gasteiger partial charge in [-0.2, -0.15) is 0 Å². The molecular formula is C16H13ClO3S.